The smallest absolute Gasteiger partial charge is 0.103 e. The standard InChI is InChI=1S/C23H36O3/c1-24-21-13-12-17(14-23(21)25-2)22-15-19(16-8-4-3-5-9-16)18-10-6-7-11-20(18)26-22/h15-17,19,21,23H,3-14H2,1-2H3. The Morgan fingerprint density at radius 2 is 1.62 bits per heavy atom. The van der Waals surface area contributed by atoms with E-state index >= 15 is 0 Å². The van der Waals surface area contributed by atoms with Gasteiger partial charge in [-0.05, 0) is 68.9 Å². The van der Waals surface area contributed by atoms with E-state index in [1.807, 2.05) is 14.2 Å². The van der Waals surface area contributed by atoms with Gasteiger partial charge >= 0.3 is 0 Å². The molecule has 0 N–H and O–H groups in total. The van der Waals surface area contributed by atoms with E-state index in [9.17, 15) is 0 Å². The molecule has 146 valence electrons. The Morgan fingerprint density at radius 1 is 0.846 bits per heavy atom. The maximum absolute atomic E-state index is 6.56. The number of methoxy groups -OCH3 is 2. The summed E-state index contributed by atoms with van der Waals surface area (Å²) in [6, 6.07) is 0. The van der Waals surface area contributed by atoms with Crippen LogP contribution in [0.5, 0.6) is 0 Å². The summed E-state index contributed by atoms with van der Waals surface area (Å²) in [5.41, 5.74) is 1.65. The molecule has 0 bridgehead atoms. The lowest BCUT2D eigenvalue weighted by Gasteiger charge is -2.40. The fraction of sp³-hybridized carbons (Fsp3) is 0.826. The molecule has 26 heavy (non-hydrogen) atoms. The molecule has 3 heteroatoms. The molecule has 0 aromatic heterocycles. The van der Waals surface area contributed by atoms with Crippen molar-refractivity contribution >= 4 is 0 Å². The van der Waals surface area contributed by atoms with Gasteiger partial charge in [0, 0.05) is 32.5 Å². The number of hydrogen-bond acceptors (Lipinski definition) is 3. The zero-order chi connectivity index (χ0) is 17.9. The van der Waals surface area contributed by atoms with Gasteiger partial charge in [-0.2, -0.15) is 0 Å². The molecule has 2 fully saturated rings. The molecule has 3 nitrogen and oxygen atoms in total. The molecule has 4 unspecified atom stereocenters. The van der Waals surface area contributed by atoms with Crippen LogP contribution in [-0.2, 0) is 14.2 Å². The van der Waals surface area contributed by atoms with Gasteiger partial charge in [-0.25, -0.2) is 0 Å². The van der Waals surface area contributed by atoms with Crippen LogP contribution in [0.15, 0.2) is 23.2 Å². The van der Waals surface area contributed by atoms with E-state index in [4.69, 9.17) is 14.2 Å². The number of allylic oxidation sites excluding steroid dienone is 4. The van der Waals surface area contributed by atoms with Gasteiger partial charge in [0.25, 0.3) is 0 Å². The summed E-state index contributed by atoms with van der Waals surface area (Å²) in [5.74, 6) is 4.59. The van der Waals surface area contributed by atoms with E-state index in [0.717, 1.165) is 31.6 Å². The number of rotatable bonds is 4. The van der Waals surface area contributed by atoms with Gasteiger partial charge in [-0.3, -0.25) is 0 Å². The molecule has 0 amide bonds. The van der Waals surface area contributed by atoms with Crippen LogP contribution in [0.3, 0.4) is 0 Å². The monoisotopic (exact) mass is 360 g/mol. The van der Waals surface area contributed by atoms with Crippen molar-refractivity contribution in [1.29, 1.82) is 0 Å². The summed E-state index contributed by atoms with van der Waals surface area (Å²) >= 11 is 0. The van der Waals surface area contributed by atoms with Crippen LogP contribution < -0.4 is 0 Å². The quantitative estimate of drug-likeness (QED) is 0.638. The Labute approximate surface area is 159 Å². The zero-order valence-corrected chi connectivity index (χ0v) is 16.7. The van der Waals surface area contributed by atoms with Gasteiger partial charge < -0.3 is 14.2 Å². The molecule has 4 atom stereocenters. The molecular formula is C23H36O3. The first-order chi connectivity index (χ1) is 12.8. The highest BCUT2D eigenvalue weighted by molar-refractivity contribution is 5.28. The molecule has 3 aliphatic carbocycles. The van der Waals surface area contributed by atoms with Crippen molar-refractivity contribution in [2.45, 2.75) is 89.3 Å². The molecular weight excluding hydrogens is 324 g/mol. The third-order valence-electron chi connectivity index (χ3n) is 7.34. The minimum absolute atomic E-state index is 0.193. The summed E-state index contributed by atoms with van der Waals surface area (Å²) in [5, 5.41) is 0. The summed E-state index contributed by atoms with van der Waals surface area (Å²) in [6.07, 6.45) is 18.3. The maximum atomic E-state index is 6.56. The molecule has 0 radical (unpaired) electrons. The molecule has 1 aliphatic heterocycles. The second-order valence-electron chi connectivity index (χ2n) is 8.81. The summed E-state index contributed by atoms with van der Waals surface area (Å²) in [7, 11) is 3.63. The second kappa shape index (κ2) is 8.48. The molecule has 0 aromatic rings. The van der Waals surface area contributed by atoms with Gasteiger partial charge in [0.05, 0.1) is 12.2 Å². The first-order valence-corrected chi connectivity index (χ1v) is 11.0. The van der Waals surface area contributed by atoms with Crippen LogP contribution in [0, 0.1) is 17.8 Å². The minimum atomic E-state index is 0.193. The predicted octanol–water partition coefficient (Wildman–Crippen LogP) is 5.76. The lowest BCUT2D eigenvalue weighted by Crippen LogP contribution is -2.38. The average molecular weight is 361 g/mol. The highest BCUT2D eigenvalue weighted by Crippen LogP contribution is 2.46. The Hall–Kier alpha value is -0.800. The molecule has 2 saturated carbocycles. The van der Waals surface area contributed by atoms with Crippen LogP contribution in [0.25, 0.3) is 0 Å². The van der Waals surface area contributed by atoms with Gasteiger partial charge in [-0.1, -0.05) is 19.3 Å². The van der Waals surface area contributed by atoms with E-state index in [-0.39, 0.29) is 12.2 Å². The van der Waals surface area contributed by atoms with Crippen LogP contribution in [-0.4, -0.2) is 26.4 Å². The fourth-order valence-electron chi connectivity index (χ4n) is 5.83. The van der Waals surface area contributed by atoms with Crippen molar-refractivity contribution in [3.8, 4) is 0 Å². The van der Waals surface area contributed by atoms with Crippen molar-refractivity contribution in [1.82, 2.24) is 0 Å². The lowest BCUT2D eigenvalue weighted by atomic mass is 9.71. The van der Waals surface area contributed by atoms with E-state index in [1.54, 1.807) is 5.57 Å². The number of ether oxygens (including phenoxy) is 3. The van der Waals surface area contributed by atoms with E-state index < -0.39 is 0 Å². The normalized spacial score (nSPS) is 36.3. The van der Waals surface area contributed by atoms with Crippen molar-refractivity contribution in [2.75, 3.05) is 14.2 Å². The van der Waals surface area contributed by atoms with Gasteiger partial charge in [-0.15, -0.1) is 0 Å². The minimum Gasteiger partial charge on any atom is -0.466 e. The van der Waals surface area contributed by atoms with Crippen molar-refractivity contribution in [3.63, 3.8) is 0 Å². The molecule has 4 rings (SSSR count). The average Bonchev–Trinajstić information content (AvgIpc) is 2.73. The Kier molecular flexibility index (Phi) is 6.05. The third-order valence-corrected chi connectivity index (χ3v) is 7.34. The SMILES string of the molecule is COC1CCC(C2=CC(C3CCCCC3)C3=C(CCCC3)O2)CC1OC. The van der Waals surface area contributed by atoms with E-state index in [0.29, 0.717) is 11.8 Å². The number of hydrogen-bond donors (Lipinski definition) is 0. The highest BCUT2D eigenvalue weighted by atomic mass is 16.5. The largest absolute Gasteiger partial charge is 0.466 e. The van der Waals surface area contributed by atoms with E-state index in [1.165, 1.54) is 62.9 Å². The van der Waals surface area contributed by atoms with E-state index in [2.05, 4.69) is 6.08 Å². The van der Waals surface area contributed by atoms with Crippen molar-refractivity contribution < 1.29 is 14.2 Å². The Balaban J connectivity index is 1.55. The fourth-order valence-corrected chi connectivity index (χ4v) is 5.83. The Morgan fingerprint density at radius 3 is 2.38 bits per heavy atom. The van der Waals surface area contributed by atoms with Crippen molar-refractivity contribution in [3.05, 3.63) is 23.2 Å². The van der Waals surface area contributed by atoms with Crippen LogP contribution in [0.1, 0.15) is 77.0 Å². The first-order valence-electron chi connectivity index (χ1n) is 11.0. The third kappa shape index (κ3) is 3.75. The predicted molar refractivity (Wildman–Crippen MR) is 104 cm³/mol. The molecule has 4 aliphatic rings. The van der Waals surface area contributed by atoms with Gasteiger partial charge in [0.1, 0.15) is 11.5 Å². The van der Waals surface area contributed by atoms with Crippen molar-refractivity contribution in [2.24, 2.45) is 17.8 Å². The topological polar surface area (TPSA) is 27.7 Å². The van der Waals surface area contributed by atoms with Gasteiger partial charge in [0.15, 0.2) is 0 Å². The highest BCUT2D eigenvalue weighted by Gasteiger charge is 2.38. The lowest BCUT2D eigenvalue weighted by molar-refractivity contribution is -0.0708. The Bertz CT molecular complexity index is 544. The second-order valence-corrected chi connectivity index (χ2v) is 8.81. The molecule has 0 spiro atoms. The van der Waals surface area contributed by atoms with Crippen LogP contribution in [0.2, 0.25) is 0 Å². The summed E-state index contributed by atoms with van der Waals surface area (Å²) < 4.78 is 17.9. The summed E-state index contributed by atoms with van der Waals surface area (Å²) in [4.78, 5) is 0. The molecule has 1 heterocycles. The molecule has 0 aromatic carbocycles. The van der Waals surface area contributed by atoms with Crippen LogP contribution >= 0.6 is 0 Å². The first kappa shape index (κ1) is 18.6. The van der Waals surface area contributed by atoms with Gasteiger partial charge in [0.2, 0.25) is 0 Å². The van der Waals surface area contributed by atoms with Crippen LogP contribution in [0.4, 0.5) is 0 Å². The maximum Gasteiger partial charge on any atom is 0.103 e. The zero-order valence-electron chi connectivity index (χ0n) is 16.7. The summed E-state index contributed by atoms with van der Waals surface area (Å²) in [6.45, 7) is 0. The molecule has 0 saturated heterocycles.